The Morgan fingerprint density at radius 1 is 1.43 bits per heavy atom. The van der Waals surface area contributed by atoms with Crippen LogP contribution in [0, 0.1) is 0 Å². The molecule has 0 spiro atoms. The van der Waals surface area contributed by atoms with E-state index in [1.807, 2.05) is 0 Å². The van der Waals surface area contributed by atoms with Gasteiger partial charge in [0.2, 0.25) is 0 Å². The van der Waals surface area contributed by atoms with Crippen molar-refractivity contribution in [2.45, 2.75) is 6.92 Å². The summed E-state index contributed by atoms with van der Waals surface area (Å²) in [6, 6.07) is 6.26. The normalized spacial score (nSPS) is 11.1. The zero-order valence-electron chi connectivity index (χ0n) is 7.56. The van der Waals surface area contributed by atoms with Gasteiger partial charge in [-0.25, -0.2) is 10.5 Å². The number of nitrogens with zero attached hydrogens (tertiary/aromatic N) is 1. The summed E-state index contributed by atoms with van der Waals surface area (Å²) in [7, 11) is 0. The molecule has 3 N–H and O–H groups in total. The number of ketones is 1. The first kappa shape index (κ1) is 10.2. The number of amidine groups is 1. The Bertz CT molecular complexity index is 374. The highest BCUT2D eigenvalue weighted by molar-refractivity contribution is 6.38. The van der Waals surface area contributed by atoms with E-state index in [1.54, 1.807) is 17.6 Å². The third kappa shape index (κ3) is 2.30. The summed E-state index contributed by atoms with van der Waals surface area (Å²) in [5, 5.41) is 17.9. The molecule has 5 heteroatoms. The molecule has 1 aromatic rings. The lowest BCUT2D eigenvalue weighted by Crippen LogP contribution is -2.25. The second-order valence-electron chi connectivity index (χ2n) is 2.62. The SMILES string of the molecule is CC(=O)C(=Nc1ccccc1O)NO. The highest BCUT2D eigenvalue weighted by Gasteiger charge is 2.05. The Morgan fingerprint density at radius 2 is 2.07 bits per heavy atom. The van der Waals surface area contributed by atoms with Crippen LogP contribution < -0.4 is 5.48 Å². The van der Waals surface area contributed by atoms with E-state index in [0.29, 0.717) is 0 Å². The van der Waals surface area contributed by atoms with E-state index in [2.05, 4.69) is 4.99 Å². The summed E-state index contributed by atoms with van der Waals surface area (Å²) >= 11 is 0. The second kappa shape index (κ2) is 4.38. The van der Waals surface area contributed by atoms with Crippen LogP contribution in [0.1, 0.15) is 6.92 Å². The standard InChI is InChI=1S/C9H10N2O3/c1-6(12)9(11-14)10-7-4-2-3-5-8(7)13/h2-5,13-14H,1H3,(H,10,11). The summed E-state index contributed by atoms with van der Waals surface area (Å²) in [6.45, 7) is 1.25. The van der Waals surface area contributed by atoms with Gasteiger partial charge >= 0.3 is 0 Å². The predicted octanol–water partition coefficient (Wildman–Crippen LogP) is 0.990. The molecule has 14 heavy (non-hydrogen) atoms. The summed E-state index contributed by atoms with van der Waals surface area (Å²) in [5.74, 6) is -0.691. The molecule has 1 aromatic carbocycles. The van der Waals surface area contributed by atoms with E-state index < -0.39 is 5.78 Å². The van der Waals surface area contributed by atoms with Crippen molar-refractivity contribution >= 4 is 17.3 Å². The van der Waals surface area contributed by atoms with Gasteiger partial charge in [0.05, 0.1) is 0 Å². The smallest absolute Gasteiger partial charge is 0.196 e. The fourth-order valence-electron chi connectivity index (χ4n) is 0.862. The summed E-state index contributed by atoms with van der Waals surface area (Å²) < 4.78 is 0. The van der Waals surface area contributed by atoms with Crippen molar-refractivity contribution in [3.05, 3.63) is 24.3 Å². The van der Waals surface area contributed by atoms with Gasteiger partial charge in [-0.05, 0) is 12.1 Å². The first-order valence-electron chi connectivity index (χ1n) is 3.93. The maximum atomic E-state index is 10.9. The van der Waals surface area contributed by atoms with Gasteiger partial charge < -0.3 is 5.11 Å². The quantitative estimate of drug-likeness (QED) is 0.372. The van der Waals surface area contributed by atoms with Crippen molar-refractivity contribution in [3.8, 4) is 5.75 Å². The minimum absolute atomic E-state index is 0.0542. The number of carbonyl (C=O) groups excluding carboxylic acids is 1. The number of Topliss-reactive ketones (excluding diaryl/α,β-unsaturated/α-hetero) is 1. The molecule has 0 aromatic heterocycles. The predicted molar refractivity (Wildman–Crippen MR) is 50.8 cm³/mol. The molecule has 1 rings (SSSR count). The van der Waals surface area contributed by atoms with Gasteiger partial charge in [0, 0.05) is 6.92 Å². The van der Waals surface area contributed by atoms with Gasteiger partial charge in [0.15, 0.2) is 11.6 Å². The molecule has 0 amide bonds. The Labute approximate surface area is 80.7 Å². The number of para-hydroxylation sites is 2. The third-order valence-electron chi connectivity index (χ3n) is 1.55. The fourth-order valence-corrected chi connectivity index (χ4v) is 0.862. The molecule has 0 aliphatic carbocycles. The average molecular weight is 194 g/mol. The van der Waals surface area contributed by atoms with E-state index in [4.69, 9.17) is 5.21 Å². The van der Waals surface area contributed by atoms with Crippen molar-refractivity contribution in [2.24, 2.45) is 4.99 Å². The highest BCUT2D eigenvalue weighted by atomic mass is 16.5. The molecule has 0 fully saturated rings. The summed E-state index contributed by atoms with van der Waals surface area (Å²) in [4.78, 5) is 14.6. The van der Waals surface area contributed by atoms with Crippen LogP contribution in [0.5, 0.6) is 5.75 Å². The topological polar surface area (TPSA) is 81.9 Å². The van der Waals surface area contributed by atoms with Gasteiger partial charge in [-0.1, -0.05) is 12.1 Å². The molecule has 0 unspecified atom stereocenters. The molecule has 0 saturated carbocycles. The molecule has 0 atom stereocenters. The lowest BCUT2D eigenvalue weighted by atomic mass is 10.3. The molecule has 0 bridgehead atoms. The second-order valence-corrected chi connectivity index (χ2v) is 2.62. The van der Waals surface area contributed by atoms with E-state index in [1.165, 1.54) is 19.1 Å². The van der Waals surface area contributed by atoms with E-state index in [-0.39, 0.29) is 17.3 Å². The van der Waals surface area contributed by atoms with Crippen molar-refractivity contribution in [1.82, 2.24) is 5.48 Å². The van der Waals surface area contributed by atoms with Crippen LogP contribution in [0.3, 0.4) is 0 Å². The molecular weight excluding hydrogens is 184 g/mol. The Hall–Kier alpha value is -1.88. The highest BCUT2D eigenvalue weighted by Crippen LogP contribution is 2.24. The number of hydrogen-bond acceptors (Lipinski definition) is 4. The van der Waals surface area contributed by atoms with Crippen LogP contribution >= 0.6 is 0 Å². The molecule has 0 radical (unpaired) electrons. The van der Waals surface area contributed by atoms with Crippen LogP contribution in [-0.4, -0.2) is 21.9 Å². The maximum absolute atomic E-state index is 10.9. The van der Waals surface area contributed by atoms with Crippen molar-refractivity contribution < 1.29 is 15.1 Å². The average Bonchev–Trinajstić information content (AvgIpc) is 2.16. The van der Waals surface area contributed by atoms with Crippen LogP contribution in [0.15, 0.2) is 29.3 Å². The minimum atomic E-state index is -0.421. The number of benzene rings is 1. The lowest BCUT2D eigenvalue weighted by molar-refractivity contribution is -0.111. The van der Waals surface area contributed by atoms with Crippen LogP contribution in [0.2, 0.25) is 0 Å². The number of aromatic hydroxyl groups is 1. The molecule has 0 aliphatic heterocycles. The monoisotopic (exact) mass is 194 g/mol. The number of hydroxylamine groups is 1. The van der Waals surface area contributed by atoms with E-state index in [0.717, 1.165) is 0 Å². The number of rotatable bonds is 2. The van der Waals surface area contributed by atoms with Gasteiger partial charge in [-0.2, -0.15) is 0 Å². The molecular formula is C9H10N2O3. The molecule has 5 nitrogen and oxygen atoms in total. The van der Waals surface area contributed by atoms with E-state index >= 15 is 0 Å². The third-order valence-corrected chi connectivity index (χ3v) is 1.55. The zero-order chi connectivity index (χ0) is 10.6. The summed E-state index contributed by atoms with van der Waals surface area (Å²) in [5.41, 5.74) is 1.89. The molecule has 0 aliphatic rings. The van der Waals surface area contributed by atoms with E-state index in [9.17, 15) is 9.90 Å². The van der Waals surface area contributed by atoms with Crippen LogP contribution in [0.25, 0.3) is 0 Å². The molecule has 0 saturated heterocycles. The largest absolute Gasteiger partial charge is 0.506 e. The number of phenolic OH excluding ortho intramolecular Hbond substituents is 1. The number of nitrogens with one attached hydrogen (secondary N) is 1. The minimum Gasteiger partial charge on any atom is -0.506 e. The number of hydrogen-bond donors (Lipinski definition) is 3. The fraction of sp³-hybridized carbons (Fsp3) is 0.111. The molecule has 74 valence electrons. The number of phenols is 1. The van der Waals surface area contributed by atoms with Crippen molar-refractivity contribution in [1.29, 1.82) is 0 Å². The first-order valence-corrected chi connectivity index (χ1v) is 3.93. The number of carbonyl (C=O) groups is 1. The number of aliphatic imine (C=N–C) groups is 1. The van der Waals surface area contributed by atoms with Gasteiger partial charge in [-0.3, -0.25) is 10.0 Å². The maximum Gasteiger partial charge on any atom is 0.196 e. The van der Waals surface area contributed by atoms with Gasteiger partial charge in [-0.15, -0.1) is 0 Å². The molecule has 0 heterocycles. The Balaban J connectivity index is 3.07. The van der Waals surface area contributed by atoms with Crippen molar-refractivity contribution in [3.63, 3.8) is 0 Å². The van der Waals surface area contributed by atoms with Gasteiger partial charge in [0.1, 0.15) is 11.4 Å². The summed E-state index contributed by atoms with van der Waals surface area (Å²) in [6.07, 6.45) is 0. The lowest BCUT2D eigenvalue weighted by Gasteiger charge is -2.01. The Morgan fingerprint density at radius 3 is 2.57 bits per heavy atom. The van der Waals surface area contributed by atoms with Crippen LogP contribution in [0.4, 0.5) is 5.69 Å². The van der Waals surface area contributed by atoms with Crippen LogP contribution in [-0.2, 0) is 4.79 Å². The zero-order valence-corrected chi connectivity index (χ0v) is 7.56. The first-order chi connectivity index (χ1) is 6.65. The van der Waals surface area contributed by atoms with Gasteiger partial charge in [0.25, 0.3) is 0 Å². The Kier molecular flexibility index (Phi) is 3.19. The van der Waals surface area contributed by atoms with Crippen molar-refractivity contribution in [2.75, 3.05) is 0 Å².